The minimum absolute atomic E-state index is 0.0207. The molecule has 1 heterocycles. The quantitative estimate of drug-likeness (QED) is 0.686. The Morgan fingerprint density at radius 1 is 1.04 bits per heavy atom. The molecule has 0 radical (unpaired) electrons. The van der Waals surface area contributed by atoms with Crippen LogP contribution >= 0.6 is 11.6 Å². The minimum atomic E-state index is -0.735. The van der Waals surface area contributed by atoms with Crippen LogP contribution in [-0.4, -0.2) is 54.2 Å². The van der Waals surface area contributed by atoms with E-state index >= 15 is 0 Å². The Kier molecular flexibility index (Phi) is 6.26. The third kappa shape index (κ3) is 4.86. The van der Waals surface area contributed by atoms with Crippen molar-refractivity contribution < 1.29 is 14.7 Å². The lowest BCUT2D eigenvalue weighted by molar-refractivity contribution is -0.117. The van der Waals surface area contributed by atoms with Crippen LogP contribution in [0.5, 0.6) is 5.75 Å². The molecule has 0 aliphatic carbocycles. The molecule has 1 fully saturated rings. The number of phenols is 1. The first-order valence-electron chi connectivity index (χ1n) is 9.09. The summed E-state index contributed by atoms with van der Waals surface area (Å²) in [5.41, 5.74) is 1.38. The first-order valence-corrected chi connectivity index (χ1v) is 9.46. The van der Waals surface area contributed by atoms with Crippen LogP contribution < -0.4 is 15.5 Å². The lowest BCUT2D eigenvalue weighted by Gasteiger charge is -2.36. The molecule has 3 amide bonds. The number of phenolic OH excluding ortho intramolecular Hbond substituents is 1. The molecule has 2 aromatic rings. The van der Waals surface area contributed by atoms with E-state index in [1.54, 1.807) is 30.0 Å². The maximum Gasteiger partial charge on any atom is 0.318 e. The molecule has 0 unspecified atom stereocenters. The van der Waals surface area contributed by atoms with Crippen molar-refractivity contribution in [1.82, 2.24) is 10.2 Å². The van der Waals surface area contributed by atoms with Crippen LogP contribution in [0, 0.1) is 0 Å². The van der Waals surface area contributed by atoms with Crippen LogP contribution in [0.3, 0.4) is 0 Å². The van der Waals surface area contributed by atoms with E-state index in [9.17, 15) is 14.7 Å². The highest BCUT2D eigenvalue weighted by atomic mass is 35.5. The fourth-order valence-corrected chi connectivity index (χ4v) is 3.11. The number of hydrogen-bond donors (Lipinski definition) is 3. The van der Waals surface area contributed by atoms with Crippen molar-refractivity contribution in [3.8, 4) is 5.75 Å². The second kappa shape index (κ2) is 8.84. The van der Waals surface area contributed by atoms with Crippen molar-refractivity contribution >= 4 is 34.9 Å². The first kappa shape index (κ1) is 19.8. The van der Waals surface area contributed by atoms with E-state index in [1.807, 2.05) is 24.3 Å². The summed E-state index contributed by atoms with van der Waals surface area (Å²) in [7, 11) is 0. The van der Waals surface area contributed by atoms with Crippen LogP contribution in [0.25, 0.3) is 0 Å². The van der Waals surface area contributed by atoms with Gasteiger partial charge in [-0.1, -0.05) is 23.7 Å². The van der Waals surface area contributed by atoms with E-state index in [1.165, 1.54) is 6.07 Å². The number of nitrogens with one attached hydrogen (secondary N) is 2. The fraction of sp³-hybridized carbons (Fsp3) is 0.300. The predicted octanol–water partition coefficient (Wildman–Crippen LogP) is 2.90. The zero-order chi connectivity index (χ0) is 20.1. The van der Waals surface area contributed by atoms with Crippen molar-refractivity contribution in [2.75, 3.05) is 36.4 Å². The number of piperazine rings is 1. The molecule has 28 heavy (non-hydrogen) atoms. The molecule has 1 atom stereocenters. The predicted molar refractivity (Wildman–Crippen MR) is 110 cm³/mol. The summed E-state index contributed by atoms with van der Waals surface area (Å²) in [6.45, 7) is 4.13. The van der Waals surface area contributed by atoms with Gasteiger partial charge in [-0.2, -0.15) is 0 Å². The van der Waals surface area contributed by atoms with Gasteiger partial charge in [-0.3, -0.25) is 4.79 Å². The third-order valence-electron chi connectivity index (χ3n) is 4.65. The van der Waals surface area contributed by atoms with Gasteiger partial charge in [-0.25, -0.2) is 4.79 Å². The first-order chi connectivity index (χ1) is 13.4. The van der Waals surface area contributed by atoms with Gasteiger partial charge >= 0.3 is 6.03 Å². The summed E-state index contributed by atoms with van der Waals surface area (Å²) >= 11 is 5.92. The summed E-state index contributed by atoms with van der Waals surface area (Å²) < 4.78 is 0. The summed E-state index contributed by atoms with van der Waals surface area (Å²) in [6.07, 6.45) is 0. The molecule has 0 spiro atoms. The van der Waals surface area contributed by atoms with Crippen LogP contribution in [0.1, 0.15) is 6.92 Å². The average molecular weight is 403 g/mol. The number of para-hydroxylation sites is 2. The van der Waals surface area contributed by atoms with Crippen molar-refractivity contribution in [1.29, 1.82) is 0 Å². The molecular weight excluding hydrogens is 380 g/mol. The number of hydrogen-bond acceptors (Lipinski definition) is 4. The number of rotatable bonds is 4. The second-order valence-corrected chi connectivity index (χ2v) is 7.06. The molecule has 0 saturated carbocycles. The van der Waals surface area contributed by atoms with Crippen molar-refractivity contribution in [2.45, 2.75) is 13.0 Å². The summed E-state index contributed by atoms with van der Waals surface area (Å²) in [5, 5.41) is 15.7. The van der Waals surface area contributed by atoms with Gasteiger partial charge in [0.2, 0.25) is 5.91 Å². The number of carbonyl (C=O) groups is 2. The topological polar surface area (TPSA) is 84.9 Å². The standard InChI is InChI=1S/C20H23ClN4O3/c1-14(19(27)23-17-4-2-3-5-18(17)26)22-20(28)25-12-10-24(11-13-25)16-8-6-15(21)7-9-16/h2-9,14,26H,10-13H2,1H3,(H,22,28)(H,23,27)/t14-/m0/s1. The Morgan fingerprint density at radius 3 is 2.32 bits per heavy atom. The third-order valence-corrected chi connectivity index (χ3v) is 4.91. The molecule has 1 saturated heterocycles. The molecule has 1 aliphatic rings. The molecule has 2 aromatic carbocycles. The van der Waals surface area contributed by atoms with Crippen LogP contribution in [0.4, 0.5) is 16.2 Å². The zero-order valence-electron chi connectivity index (χ0n) is 15.6. The van der Waals surface area contributed by atoms with Crippen molar-refractivity contribution in [3.63, 3.8) is 0 Å². The monoisotopic (exact) mass is 402 g/mol. The van der Waals surface area contributed by atoms with Crippen LogP contribution in [-0.2, 0) is 4.79 Å². The van der Waals surface area contributed by atoms with E-state index in [0.29, 0.717) is 36.9 Å². The van der Waals surface area contributed by atoms with E-state index in [-0.39, 0.29) is 11.8 Å². The Balaban J connectivity index is 1.49. The molecule has 8 heteroatoms. The molecule has 0 aromatic heterocycles. The number of aromatic hydroxyl groups is 1. The van der Waals surface area contributed by atoms with Crippen molar-refractivity contribution in [3.05, 3.63) is 53.6 Å². The lowest BCUT2D eigenvalue weighted by Crippen LogP contribution is -2.54. The van der Waals surface area contributed by atoms with Gasteiger partial charge in [-0.15, -0.1) is 0 Å². The van der Waals surface area contributed by atoms with Crippen LogP contribution in [0.2, 0.25) is 5.02 Å². The van der Waals surface area contributed by atoms with Gasteiger partial charge in [-0.05, 0) is 43.3 Å². The maximum absolute atomic E-state index is 12.5. The number of halogens is 1. The summed E-state index contributed by atoms with van der Waals surface area (Å²) in [5.74, 6) is -0.414. The van der Waals surface area contributed by atoms with E-state index < -0.39 is 11.9 Å². The van der Waals surface area contributed by atoms with Gasteiger partial charge in [0.05, 0.1) is 5.69 Å². The Morgan fingerprint density at radius 2 is 1.68 bits per heavy atom. The normalized spacial score (nSPS) is 15.1. The molecule has 3 rings (SSSR count). The molecule has 148 valence electrons. The smallest absolute Gasteiger partial charge is 0.318 e. The van der Waals surface area contributed by atoms with Crippen molar-refractivity contribution in [2.24, 2.45) is 0 Å². The summed E-state index contributed by atoms with van der Waals surface area (Å²) in [4.78, 5) is 28.6. The zero-order valence-corrected chi connectivity index (χ0v) is 16.3. The molecule has 1 aliphatic heterocycles. The maximum atomic E-state index is 12.5. The van der Waals surface area contributed by atoms with Crippen LogP contribution in [0.15, 0.2) is 48.5 Å². The molecule has 7 nitrogen and oxygen atoms in total. The van der Waals surface area contributed by atoms with Gasteiger partial charge < -0.3 is 25.5 Å². The number of anilines is 2. The minimum Gasteiger partial charge on any atom is -0.506 e. The Hall–Kier alpha value is -2.93. The summed E-state index contributed by atoms with van der Waals surface area (Å²) in [6, 6.07) is 13.1. The number of amides is 3. The molecule has 3 N–H and O–H groups in total. The number of nitrogens with zero attached hydrogens (tertiary/aromatic N) is 2. The molecule has 0 bridgehead atoms. The van der Waals surface area contributed by atoms with E-state index in [0.717, 1.165) is 5.69 Å². The fourth-order valence-electron chi connectivity index (χ4n) is 2.98. The molecular formula is C20H23ClN4O3. The van der Waals surface area contributed by atoms with Gasteiger partial charge in [0.25, 0.3) is 0 Å². The Bertz CT molecular complexity index is 836. The number of carbonyl (C=O) groups excluding carboxylic acids is 2. The highest BCUT2D eigenvalue weighted by molar-refractivity contribution is 6.30. The largest absolute Gasteiger partial charge is 0.506 e. The van der Waals surface area contributed by atoms with E-state index in [2.05, 4.69) is 15.5 Å². The number of benzene rings is 2. The average Bonchev–Trinajstić information content (AvgIpc) is 2.70. The second-order valence-electron chi connectivity index (χ2n) is 6.63. The van der Waals surface area contributed by atoms with E-state index in [4.69, 9.17) is 11.6 Å². The lowest BCUT2D eigenvalue weighted by atomic mass is 10.2. The highest BCUT2D eigenvalue weighted by Gasteiger charge is 2.24. The van der Waals surface area contributed by atoms with Gasteiger partial charge in [0.1, 0.15) is 11.8 Å². The Labute approximate surface area is 168 Å². The van der Waals surface area contributed by atoms with Gasteiger partial charge in [0.15, 0.2) is 0 Å². The SMILES string of the molecule is C[C@H](NC(=O)N1CCN(c2ccc(Cl)cc2)CC1)C(=O)Nc1ccccc1O. The van der Waals surface area contributed by atoms with Gasteiger partial charge in [0, 0.05) is 36.9 Å². The number of urea groups is 1. The highest BCUT2D eigenvalue weighted by Crippen LogP contribution is 2.22.